The predicted octanol–water partition coefficient (Wildman–Crippen LogP) is 1.91. The van der Waals surface area contributed by atoms with Crippen LogP contribution in [0.15, 0.2) is 29.6 Å². The summed E-state index contributed by atoms with van der Waals surface area (Å²) in [5.74, 6) is -0.976. The molecule has 2 aromatic heterocycles. The number of carbonyl (C=O) groups is 1. The Bertz CT molecular complexity index is 487. The normalized spacial score (nSPS) is 10.6. The summed E-state index contributed by atoms with van der Waals surface area (Å²) in [7, 11) is 0. The Labute approximate surface area is 96.4 Å². The largest absolute Gasteiger partial charge is 0.477 e. The van der Waals surface area contributed by atoms with Gasteiger partial charge < -0.3 is 14.8 Å². The van der Waals surface area contributed by atoms with E-state index in [1.54, 1.807) is 28.0 Å². The first kappa shape index (κ1) is 10.9. The second-order valence-electron chi connectivity index (χ2n) is 3.26. The second kappa shape index (κ2) is 4.51. The molecule has 2 rings (SSSR count). The lowest BCUT2D eigenvalue weighted by Gasteiger charge is -2.08. The van der Waals surface area contributed by atoms with Gasteiger partial charge in [0.15, 0.2) is 0 Å². The number of aromatic carboxylic acids is 1. The van der Waals surface area contributed by atoms with E-state index in [-0.39, 0.29) is 12.3 Å². The van der Waals surface area contributed by atoms with E-state index < -0.39 is 5.97 Å². The van der Waals surface area contributed by atoms with Crippen LogP contribution in [-0.2, 0) is 6.54 Å². The molecule has 0 aromatic carbocycles. The number of carboxylic acid groups (broad SMARTS) is 1. The highest BCUT2D eigenvalue weighted by Gasteiger charge is 2.14. The van der Waals surface area contributed by atoms with Gasteiger partial charge in [0, 0.05) is 6.54 Å². The van der Waals surface area contributed by atoms with Crippen LogP contribution >= 0.6 is 11.3 Å². The van der Waals surface area contributed by atoms with Gasteiger partial charge in [0.1, 0.15) is 5.69 Å². The van der Waals surface area contributed by atoms with Crippen LogP contribution in [0.2, 0.25) is 0 Å². The minimum Gasteiger partial charge on any atom is -0.477 e. The molecule has 0 spiro atoms. The number of nitrogens with zero attached hydrogens (tertiary/aromatic N) is 1. The van der Waals surface area contributed by atoms with Gasteiger partial charge in [0.2, 0.25) is 0 Å². The van der Waals surface area contributed by atoms with Crippen molar-refractivity contribution in [2.75, 3.05) is 6.61 Å². The molecule has 2 N–H and O–H groups in total. The molecule has 0 fully saturated rings. The van der Waals surface area contributed by atoms with Crippen LogP contribution in [0.5, 0.6) is 0 Å². The lowest BCUT2D eigenvalue weighted by molar-refractivity contribution is 0.0684. The van der Waals surface area contributed by atoms with Crippen LogP contribution in [0, 0.1) is 0 Å². The molecule has 16 heavy (non-hydrogen) atoms. The fourth-order valence-electron chi connectivity index (χ4n) is 1.63. The Morgan fingerprint density at radius 3 is 2.75 bits per heavy atom. The fourth-order valence-corrected chi connectivity index (χ4v) is 2.39. The molecule has 84 valence electrons. The number of aliphatic hydroxyl groups is 1. The first-order chi connectivity index (χ1) is 7.74. The zero-order chi connectivity index (χ0) is 11.5. The van der Waals surface area contributed by atoms with Gasteiger partial charge in [0.05, 0.1) is 17.2 Å². The molecule has 4 nitrogen and oxygen atoms in total. The zero-order valence-corrected chi connectivity index (χ0v) is 9.28. The molecule has 0 aliphatic rings. The maximum Gasteiger partial charge on any atom is 0.352 e. The lowest BCUT2D eigenvalue weighted by Crippen LogP contribution is -2.11. The molecule has 5 heteroatoms. The first-order valence-electron chi connectivity index (χ1n) is 4.81. The number of aliphatic hydroxyl groups excluding tert-OH is 1. The number of carboxylic acids is 1. The van der Waals surface area contributed by atoms with Crippen LogP contribution < -0.4 is 0 Å². The van der Waals surface area contributed by atoms with Crippen molar-refractivity contribution in [2.45, 2.75) is 6.54 Å². The number of hydrogen-bond donors (Lipinski definition) is 2. The maximum atomic E-state index is 11.0. The highest BCUT2D eigenvalue weighted by atomic mass is 32.1. The summed E-state index contributed by atoms with van der Waals surface area (Å²) in [5, 5.41) is 19.9. The number of aromatic nitrogens is 1. The monoisotopic (exact) mass is 237 g/mol. The minimum atomic E-state index is -0.976. The third kappa shape index (κ3) is 1.87. The summed E-state index contributed by atoms with van der Waals surface area (Å²) in [6.45, 7) is 0.217. The molecule has 0 radical (unpaired) electrons. The van der Waals surface area contributed by atoms with Crippen LogP contribution in [0.25, 0.3) is 10.6 Å². The van der Waals surface area contributed by atoms with Crippen molar-refractivity contribution in [3.8, 4) is 10.6 Å². The first-order valence-corrected chi connectivity index (χ1v) is 5.69. The van der Waals surface area contributed by atoms with Crippen LogP contribution in [0.3, 0.4) is 0 Å². The molecule has 0 aliphatic carbocycles. The molecule has 0 unspecified atom stereocenters. The van der Waals surface area contributed by atoms with E-state index >= 15 is 0 Å². The van der Waals surface area contributed by atoms with Gasteiger partial charge in [-0.15, -0.1) is 11.3 Å². The van der Waals surface area contributed by atoms with Gasteiger partial charge in [-0.25, -0.2) is 4.79 Å². The Morgan fingerprint density at radius 1 is 1.38 bits per heavy atom. The van der Waals surface area contributed by atoms with Crippen molar-refractivity contribution in [1.82, 2.24) is 4.57 Å². The Morgan fingerprint density at radius 2 is 2.19 bits per heavy atom. The summed E-state index contributed by atoms with van der Waals surface area (Å²) >= 11 is 1.55. The Hall–Kier alpha value is -1.59. The average molecular weight is 237 g/mol. The highest BCUT2D eigenvalue weighted by Crippen LogP contribution is 2.26. The highest BCUT2D eigenvalue weighted by molar-refractivity contribution is 7.13. The van der Waals surface area contributed by atoms with E-state index in [9.17, 15) is 4.79 Å². The molecular formula is C11H11NO3S. The SMILES string of the molecule is O=C(O)c1ccc(-c2cccs2)n1CCO. The van der Waals surface area contributed by atoms with Crippen LogP contribution in [0.4, 0.5) is 0 Å². The van der Waals surface area contributed by atoms with Crippen molar-refractivity contribution in [1.29, 1.82) is 0 Å². The standard InChI is InChI=1S/C11H11NO3S/c13-6-5-12-8(10-2-1-7-16-10)3-4-9(12)11(14)15/h1-4,7,13H,5-6H2,(H,14,15). The van der Waals surface area contributed by atoms with E-state index in [4.69, 9.17) is 10.2 Å². The van der Waals surface area contributed by atoms with E-state index in [2.05, 4.69) is 0 Å². The van der Waals surface area contributed by atoms with Crippen LogP contribution in [0.1, 0.15) is 10.5 Å². The smallest absolute Gasteiger partial charge is 0.352 e. The summed E-state index contributed by atoms with van der Waals surface area (Å²) < 4.78 is 1.62. The summed E-state index contributed by atoms with van der Waals surface area (Å²) in [6.07, 6.45) is 0. The Kier molecular flexibility index (Phi) is 3.07. The predicted molar refractivity (Wildman–Crippen MR) is 61.8 cm³/mol. The number of thiophene rings is 1. The molecule has 0 amide bonds. The third-order valence-electron chi connectivity index (χ3n) is 2.30. The van der Waals surface area contributed by atoms with Crippen LogP contribution in [-0.4, -0.2) is 27.4 Å². The van der Waals surface area contributed by atoms with Crippen molar-refractivity contribution in [2.24, 2.45) is 0 Å². The summed E-state index contributed by atoms with van der Waals surface area (Å²) in [5.41, 5.74) is 1.04. The van der Waals surface area contributed by atoms with Crippen molar-refractivity contribution >= 4 is 17.3 Å². The maximum absolute atomic E-state index is 11.0. The van der Waals surface area contributed by atoms with Gasteiger partial charge in [-0.3, -0.25) is 0 Å². The second-order valence-corrected chi connectivity index (χ2v) is 4.21. The number of rotatable bonds is 4. The van der Waals surface area contributed by atoms with E-state index in [1.165, 1.54) is 0 Å². The van der Waals surface area contributed by atoms with Gasteiger partial charge in [-0.2, -0.15) is 0 Å². The quantitative estimate of drug-likeness (QED) is 0.853. The molecular weight excluding hydrogens is 226 g/mol. The Balaban J connectivity index is 2.50. The third-order valence-corrected chi connectivity index (χ3v) is 3.19. The summed E-state index contributed by atoms with van der Waals surface area (Å²) in [4.78, 5) is 12.0. The average Bonchev–Trinajstić information content (AvgIpc) is 2.84. The van der Waals surface area contributed by atoms with Gasteiger partial charge in [-0.1, -0.05) is 6.07 Å². The molecule has 2 aromatic rings. The van der Waals surface area contributed by atoms with Crippen molar-refractivity contribution in [3.05, 3.63) is 35.3 Å². The van der Waals surface area contributed by atoms with E-state index in [1.807, 2.05) is 17.5 Å². The van der Waals surface area contributed by atoms with Gasteiger partial charge in [-0.05, 0) is 23.6 Å². The molecule has 0 bridgehead atoms. The van der Waals surface area contributed by atoms with E-state index in [0.29, 0.717) is 6.54 Å². The summed E-state index contributed by atoms with van der Waals surface area (Å²) in [6, 6.07) is 7.17. The number of hydrogen-bond acceptors (Lipinski definition) is 3. The topological polar surface area (TPSA) is 62.5 Å². The fraction of sp³-hybridized carbons (Fsp3) is 0.182. The van der Waals surface area contributed by atoms with Gasteiger partial charge in [0.25, 0.3) is 0 Å². The van der Waals surface area contributed by atoms with E-state index in [0.717, 1.165) is 10.6 Å². The van der Waals surface area contributed by atoms with Crippen molar-refractivity contribution < 1.29 is 15.0 Å². The minimum absolute atomic E-state index is 0.0761. The molecule has 0 aliphatic heterocycles. The van der Waals surface area contributed by atoms with Gasteiger partial charge >= 0.3 is 5.97 Å². The zero-order valence-electron chi connectivity index (χ0n) is 8.46. The molecule has 2 heterocycles. The molecule has 0 atom stereocenters. The molecule has 0 saturated heterocycles. The molecule has 0 saturated carbocycles. The van der Waals surface area contributed by atoms with Crippen molar-refractivity contribution in [3.63, 3.8) is 0 Å². The lowest BCUT2D eigenvalue weighted by atomic mass is 10.3.